The van der Waals surface area contributed by atoms with Crippen LogP contribution in [0.5, 0.6) is 0 Å². The molecule has 0 aromatic carbocycles. The topological polar surface area (TPSA) is 0 Å². The average Bonchev–Trinajstić information content (AvgIpc) is 2.56. The Hall–Kier alpha value is 0. The molecule has 58 valence electrons. The molecule has 0 heterocycles. The lowest BCUT2D eigenvalue weighted by Gasteiger charge is -2.23. The molecule has 0 N–H and O–H groups in total. The van der Waals surface area contributed by atoms with Crippen molar-refractivity contribution in [1.29, 1.82) is 0 Å². The smallest absolute Gasteiger partial charge is 0.0204 e. The first-order chi connectivity index (χ1) is 4.59. The van der Waals surface area contributed by atoms with Crippen molar-refractivity contribution in [2.45, 2.75) is 40.5 Å². The molecular formula is C10H18. The predicted molar refractivity (Wildman–Crippen MR) is 43.8 cm³/mol. The van der Waals surface area contributed by atoms with Crippen LogP contribution >= 0.6 is 0 Å². The third kappa shape index (κ3) is 0.408. The van der Waals surface area contributed by atoms with E-state index >= 15 is 0 Å². The Kier molecular flexibility index (Phi) is 0.964. The Morgan fingerprint density at radius 2 is 1.80 bits per heavy atom. The highest BCUT2D eigenvalue weighted by atomic mass is 14.9. The Labute approximate surface area is 64.0 Å². The predicted octanol–water partition coefficient (Wildman–Crippen LogP) is 3.08. The summed E-state index contributed by atoms with van der Waals surface area (Å²) in [6.45, 7) is 9.65. The minimum Gasteiger partial charge on any atom is -0.0654 e. The Bertz CT molecular complexity index is 173. The molecule has 0 nitrogen and oxygen atoms in total. The lowest BCUT2D eigenvalue weighted by molar-refractivity contribution is 0.256. The van der Waals surface area contributed by atoms with E-state index in [1.807, 2.05) is 0 Å². The largest absolute Gasteiger partial charge is 0.0654 e. The molecule has 2 saturated carbocycles. The standard InChI is InChI=1S/C10H18/c1-5-6-9(3)8-7(2)10(8,9)4/h7-8H,5-6H2,1-4H3. The van der Waals surface area contributed by atoms with Crippen molar-refractivity contribution in [3.8, 4) is 0 Å². The molecule has 4 unspecified atom stereocenters. The van der Waals surface area contributed by atoms with Gasteiger partial charge in [-0.25, -0.2) is 0 Å². The summed E-state index contributed by atoms with van der Waals surface area (Å²) in [4.78, 5) is 0. The summed E-state index contributed by atoms with van der Waals surface area (Å²) >= 11 is 0. The van der Waals surface area contributed by atoms with E-state index in [1.165, 1.54) is 12.8 Å². The fourth-order valence-electron chi connectivity index (χ4n) is 3.60. The number of rotatable bonds is 2. The van der Waals surface area contributed by atoms with E-state index < -0.39 is 0 Å². The maximum absolute atomic E-state index is 2.47. The maximum Gasteiger partial charge on any atom is -0.0204 e. The summed E-state index contributed by atoms with van der Waals surface area (Å²) in [7, 11) is 0. The van der Waals surface area contributed by atoms with Gasteiger partial charge in [0.15, 0.2) is 0 Å². The first-order valence-corrected chi connectivity index (χ1v) is 4.59. The van der Waals surface area contributed by atoms with E-state index in [0.29, 0.717) is 0 Å². The molecule has 4 atom stereocenters. The van der Waals surface area contributed by atoms with E-state index in [2.05, 4.69) is 27.7 Å². The number of hydrogen-bond donors (Lipinski definition) is 0. The van der Waals surface area contributed by atoms with Crippen LogP contribution in [0, 0.1) is 22.7 Å². The summed E-state index contributed by atoms with van der Waals surface area (Å²) in [6, 6.07) is 0. The first kappa shape index (κ1) is 6.69. The van der Waals surface area contributed by atoms with Gasteiger partial charge in [0.2, 0.25) is 0 Å². The van der Waals surface area contributed by atoms with Crippen molar-refractivity contribution in [1.82, 2.24) is 0 Å². The fourth-order valence-corrected chi connectivity index (χ4v) is 3.60. The van der Waals surface area contributed by atoms with Gasteiger partial charge in [-0.05, 0) is 29.1 Å². The molecule has 0 spiro atoms. The SMILES string of the molecule is CCCC1(C)C2C(C)C21C. The van der Waals surface area contributed by atoms with Gasteiger partial charge in [0.25, 0.3) is 0 Å². The van der Waals surface area contributed by atoms with Gasteiger partial charge < -0.3 is 0 Å². The van der Waals surface area contributed by atoms with E-state index in [9.17, 15) is 0 Å². The maximum atomic E-state index is 2.47. The summed E-state index contributed by atoms with van der Waals surface area (Å²) in [5, 5.41) is 0. The van der Waals surface area contributed by atoms with Gasteiger partial charge >= 0.3 is 0 Å². The quantitative estimate of drug-likeness (QED) is 0.550. The van der Waals surface area contributed by atoms with Crippen LogP contribution < -0.4 is 0 Å². The zero-order chi connectivity index (χ0) is 7.57. The van der Waals surface area contributed by atoms with Gasteiger partial charge in [-0.3, -0.25) is 0 Å². The average molecular weight is 138 g/mol. The third-order valence-electron chi connectivity index (χ3n) is 4.59. The number of fused-ring (bicyclic) bond motifs is 1. The van der Waals surface area contributed by atoms with Gasteiger partial charge in [0.1, 0.15) is 0 Å². The van der Waals surface area contributed by atoms with Crippen LogP contribution in [-0.4, -0.2) is 0 Å². The van der Waals surface area contributed by atoms with Crippen LogP contribution in [0.15, 0.2) is 0 Å². The van der Waals surface area contributed by atoms with Crippen molar-refractivity contribution in [3.05, 3.63) is 0 Å². The molecule has 10 heavy (non-hydrogen) atoms. The molecule has 0 radical (unpaired) electrons. The van der Waals surface area contributed by atoms with Gasteiger partial charge in [0, 0.05) is 0 Å². The highest BCUT2D eigenvalue weighted by Gasteiger charge is 2.87. The zero-order valence-electron chi connectivity index (χ0n) is 7.57. The van der Waals surface area contributed by atoms with Gasteiger partial charge in [0.05, 0.1) is 0 Å². The van der Waals surface area contributed by atoms with E-state index in [1.54, 1.807) is 0 Å². The molecule has 0 aromatic rings. The molecule has 0 saturated heterocycles. The van der Waals surface area contributed by atoms with Gasteiger partial charge in [-0.1, -0.05) is 34.1 Å². The second-order valence-electron chi connectivity index (χ2n) is 4.72. The summed E-state index contributed by atoms with van der Waals surface area (Å²) < 4.78 is 0. The molecule has 0 aliphatic heterocycles. The molecular weight excluding hydrogens is 120 g/mol. The normalized spacial score (nSPS) is 63.6. The molecule has 0 amide bonds. The molecule has 2 fully saturated rings. The number of hydrogen-bond acceptors (Lipinski definition) is 0. The van der Waals surface area contributed by atoms with Crippen LogP contribution in [0.4, 0.5) is 0 Å². The second-order valence-corrected chi connectivity index (χ2v) is 4.72. The van der Waals surface area contributed by atoms with Crippen LogP contribution in [0.3, 0.4) is 0 Å². The molecule has 0 aromatic heterocycles. The highest BCUT2D eigenvalue weighted by Crippen LogP contribution is 2.92. The van der Waals surface area contributed by atoms with Crippen molar-refractivity contribution < 1.29 is 0 Å². The van der Waals surface area contributed by atoms with Crippen LogP contribution in [0.25, 0.3) is 0 Å². The third-order valence-corrected chi connectivity index (χ3v) is 4.59. The minimum absolute atomic E-state index is 0.765. The second kappa shape index (κ2) is 1.44. The van der Waals surface area contributed by atoms with Gasteiger partial charge in [-0.2, -0.15) is 0 Å². The summed E-state index contributed by atoms with van der Waals surface area (Å²) in [5.41, 5.74) is 1.55. The Balaban J connectivity index is 2.02. The van der Waals surface area contributed by atoms with E-state index in [0.717, 1.165) is 22.7 Å². The highest BCUT2D eigenvalue weighted by molar-refractivity contribution is 5.34. The Morgan fingerprint density at radius 1 is 1.30 bits per heavy atom. The summed E-state index contributed by atoms with van der Waals surface area (Å²) in [6.07, 6.45) is 2.83. The fraction of sp³-hybridized carbons (Fsp3) is 1.00. The first-order valence-electron chi connectivity index (χ1n) is 4.59. The minimum atomic E-state index is 0.765. The van der Waals surface area contributed by atoms with E-state index in [-0.39, 0.29) is 0 Å². The van der Waals surface area contributed by atoms with Crippen LogP contribution in [-0.2, 0) is 0 Å². The molecule has 0 bridgehead atoms. The Morgan fingerprint density at radius 3 is 2.10 bits per heavy atom. The summed E-state index contributed by atoms with van der Waals surface area (Å²) in [5.74, 6) is 2.14. The lowest BCUT2D eigenvalue weighted by Crippen LogP contribution is -2.16. The zero-order valence-corrected chi connectivity index (χ0v) is 7.57. The van der Waals surface area contributed by atoms with Crippen LogP contribution in [0.1, 0.15) is 40.5 Å². The molecule has 0 heteroatoms. The van der Waals surface area contributed by atoms with Crippen LogP contribution in [0.2, 0.25) is 0 Å². The van der Waals surface area contributed by atoms with Crippen molar-refractivity contribution >= 4 is 0 Å². The molecule has 2 aliphatic rings. The molecule has 2 aliphatic carbocycles. The van der Waals surface area contributed by atoms with Crippen molar-refractivity contribution in [2.75, 3.05) is 0 Å². The van der Waals surface area contributed by atoms with Gasteiger partial charge in [-0.15, -0.1) is 0 Å². The lowest BCUT2D eigenvalue weighted by atomic mass is 9.81. The van der Waals surface area contributed by atoms with E-state index in [4.69, 9.17) is 0 Å². The van der Waals surface area contributed by atoms with Crippen molar-refractivity contribution in [2.24, 2.45) is 22.7 Å². The molecule has 2 rings (SSSR count). The monoisotopic (exact) mass is 138 g/mol. The van der Waals surface area contributed by atoms with Crippen molar-refractivity contribution in [3.63, 3.8) is 0 Å².